The van der Waals surface area contributed by atoms with Crippen LogP contribution in [0, 0.1) is 5.92 Å². The van der Waals surface area contributed by atoms with Gasteiger partial charge in [-0.15, -0.1) is 0 Å². The Hall–Kier alpha value is -1.53. The first-order chi connectivity index (χ1) is 8.79. The van der Waals surface area contributed by atoms with Crippen LogP contribution in [0.5, 0.6) is 0 Å². The molecule has 1 aromatic heterocycles. The fraction of sp³-hybridized carbons (Fsp3) is 0.667. The third-order valence-electron chi connectivity index (χ3n) is 2.41. The van der Waals surface area contributed by atoms with E-state index in [1.165, 1.54) is 10.8 Å². The van der Waals surface area contributed by atoms with Gasteiger partial charge in [-0.1, -0.05) is 13.8 Å². The molecule has 0 saturated carbocycles. The van der Waals surface area contributed by atoms with Crippen LogP contribution >= 0.6 is 0 Å². The van der Waals surface area contributed by atoms with E-state index in [1.807, 2.05) is 13.8 Å². The van der Waals surface area contributed by atoms with Crippen molar-refractivity contribution in [1.29, 1.82) is 0 Å². The summed E-state index contributed by atoms with van der Waals surface area (Å²) in [4.78, 5) is 15.8. The Balaban J connectivity index is 2.57. The Morgan fingerprint density at radius 3 is 2.68 bits per heavy atom. The van der Waals surface area contributed by atoms with E-state index in [0.717, 1.165) is 0 Å². The second-order valence-corrected chi connectivity index (χ2v) is 4.77. The van der Waals surface area contributed by atoms with Crippen molar-refractivity contribution < 1.29 is 13.2 Å². The zero-order valence-electron chi connectivity index (χ0n) is 11.0. The van der Waals surface area contributed by atoms with Gasteiger partial charge in [0.15, 0.2) is 5.82 Å². The average molecular weight is 277 g/mol. The van der Waals surface area contributed by atoms with Crippen molar-refractivity contribution in [2.75, 3.05) is 11.9 Å². The third-order valence-corrected chi connectivity index (χ3v) is 2.41. The molecule has 0 saturated heterocycles. The van der Waals surface area contributed by atoms with Gasteiger partial charge in [0, 0.05) is 31.9 Å². The third kappa shape index (κ3) is 5.76. The fourth-order valence-electron chi connectivity index (χ4n) is 1.60. The van der Waals surface area contributed by atoms with Crippen molar-refractivity contribution in [2.24, 2.45) is 5.92 Å². The number of hydrogen-bond donors (Lipinski definition) is 1. The molecule has 4 nitrogen and oxygen atoms in total. The van der Waals surface area contributed by atoms with E-state index >= 15 is 0 Å². The monoisotopic (exact) mass is 277 g/mol. The predicted molar refractivity (Wildman–Crippen MR) is 67.1 cm³/mol. The highest BCUT2D eigenvalue weighted by Crippen LogP contribution is 2.20. The van der Waals surface area contributed by atoms with Crippen molar-refractivity contribution in [3.63, 3.8) is 0 Å². The standard InChI is InChI=1S/C12H18F3N3O/c1-9(2)8-18-7-6-17-10(11(18)19)16-5-3-4-12(13,14)15/h6-7,9H,3-5,8H2,1-2H3,(H,16,17). The number of anilines is 1. The summed E-state index contributed by atoms with van der Waals surface area (Å²) in [7, 11) is 0. The number of halogens is 3. The summed E-state index contributed by atoms with van der Waals surface area (Å²) in [5.74, 6) is 0.406. The van der Waals surface area contributed by atoms with Crippen molar-refractivity contribution >= 4 is 5.82 Å². The number of nitrogens with zero attached hydrogens (tertiary/aromatic N) is 2. The molecule has 1 rings (SSSR count). The number of alkyl halides is 3. The van der Waals surface area contributed by atoms with Crippen molar-refractivity contribution in [3.05, 3.63) is 22.7 Å². The quantitative estimate of drug-likeness (QED) is 0.813. The Bertz CT molecular complexity index is 454. The minimum atomic E-state index is -4.16. The molecule has 0 fully saturated rings. The summed E-state index contributed by atoms with van der Waals surface area (Å²) in [6.07, 6.45) is -2.07. The summed E-state index contributed by atoms with van der Waals surface area (Å²) in [5, 5.41) is 2.65. The van der Waals surface area contributed by atoms with Crippen molar-refractivity contribution in [3.8, 4) is 0 Å². The van der Waals surface area contributed by atoms with Gasteiger partial charge in [0.1, 0.15) is 0 Å². The summed E-state index contributed by atoms with van der Waals surface area (Å²) >= 11 is 0. The highest BCUT2D eigenvalue weighted by molar-refractivity contribution is 5.30. The molecule has 0 radical (unpaired) electrons. The first-order valence-corrected chi connectivity index (χ1v) is 6.15. The molecule has 1 heterocycles. The molecule has 0 amide bonds. The molecule has 1 N–H and O–H groups in total. The van der Waals surface area contributed by atoms with E-state index < -0.39 is 12.6 Å². The lowest BCUT2D eigenvalue weighted by atomic mass is 10.2. The van der Waals surface area contributed by atoms with Crippen molar-refractivity contribution in [1.82, 2.24) is 9.55 Å². The molecule has 0 unspecified atom stereocenters. The molecular weight excluding hydrogens is 259 g/mol. The van der Waals surface area contributed by atoms with Gasteiger partial charge in [0.2, 0.25) is 0 Å². The van der Waals surface area contributed by atoms with Crippen LogP contribution in [0.25, 0.3) is 0 Å². The molecule has 0 aromatic carbocycles. The van der Waals surface area contributed by atoms with Gasteiger partial charge >= 0.3 is 6.18 Å². The summed E-state index contributed by atoms with van der Waals surface area (Å²) < 4.78 is 37.4. The smallest absolute Gasteiger partial charge is 0.365 e. The number of rotatable bonds is 6. The average Bonchev–Trinajstić information content (AvgIpc) is 2.27. The Morgan fingerprint density at radius 2 is 2.11 bits per heavy atom. The maximum Gasteiger partial charge on any atom is 0.389 e. The van der Waals surface area contributed by atoms with E-state index in [0.29, 0.717) is 12.5 Å². The molecule has 108 valence electrons. The number of aromatic nitrogens is 2. The molecule has 0 aliphatic carbocycles. The van der Waals surface area contributed by atoms with E-state index in [9.17, 15) is 18.0 Å². The molecule has 0 atom stereocenters. The van der Waals surface area contributed by atoms with Crippen LogP contribution in [0.3, 0.4) is 0 Å². The maximum absolute atomic E-state index is 12.0. The normalized spacial score (nSPS) is 11.9. The Labute approximate surface area is 109 Å². The predicted octanol–water partition coefficient (Wildman–Crippen LogP) is 2.65. The van der Waals surface area contributed by atoms with Gasteiger partial charge < -0.3 is 9.88 Å². The van der Waals surface area contributed by atoms with E-state index in [-0.39, 0.29) is 24.3 Å². The van der Waals surface area contributed by atoms with E-state index in [4.69, 9.17) is 0 Å². The van der Waals surface area contributed by atoms with Gasteiger partial charge in [-0.3, -0.25) is 4.79 Å². The lowest BCUT2D eigenvalue weighted by Gasteiger charge is -2.11. The van der Waals surface area contributed by atoms with Gasteiger partial charge in [0.05, 0.1) is 0 Å². The summed E-state index contributed by atoms with van der Waals surface area (Å²) in [6, 6.07) is 0. The largest absolute Gasteiger partial charge is 0.389 e. The minimum Gasteiger partial charge on any atom is -0.365 e. The molecule has 1 aromatic rings. The SMILES string of the molecule is CC(C)Cn1ccnc(NCCCC(F)(F)F)c1=O. The second kappa shape index (κ2) is 6.58. The van der Waals surface area contributed by atoms with Crippen molar-refractivity contribution in [2.45, 2.75) is 39.4 Å². The highest BCUT2D eigenvalue weighted by atomic mass is 19.4. The molecule has 0 spiro atoms. The second-order valence-electron chi connectivity index (χ2n) is 4.77. The van der Waals surface area contributed by atoms with Crippen LogP contribution in [0.2, 0.25) is 0 Å². The zero-order valence-corrected chi connectivity index (χ0v) is 11.0. The van der Waals surface area contributed by atoms with Crippen LogP contribution in [-0.4, -0.2) is 22.3 Å². The first-order valence-electron chi connectivity index (χ1n) is 6.15. The Morgan fingerprint density at radius 1 is 1.42 bits per heavy atom. The van der Waals surface area contributed by atoms with Crippen LogP contribution < -0.4 is 10.9 Å². The molecular formula is C12H18F3N3O. The van der Waals surface area contributed by atoms with E-state index in [1.54, 1.807) is 6.20 Å². The minimum absolute atomic E-state index is 0.0768. The lowest BCUT2D eigenvalue weighted by Crippen LogP contribution is -2.26. The molecule has 0 aliphatic heterocycles. The number of nitrogens with one attached hydrogen (secondary N) is 1. The molecule has 0 bridgehead atoms. The molecule has 19 heavy (non-hydrogen) atoms. The zero-order chi connectivity index (χ0) is 14.5. The Kier molecular flexibility index (Phi) is 5.38. The van der Waals surface area contributed by atoms with Gasteiger partial charge in [-0.2, -0.15) is 13.2 Å². The number of hydrogen-bond acceptors (Lipinski definition) is 3. The fourth-order valence-corrected chi connectivity index (χ4v) is 1.60. The van der Waals surface area contributed by atoms with Gasteiger partial charge in [-0.25, -0.2) is 4.98 Å². The first kappa shape index (κ1) is 15.5. The summed E-state index contributed by atoms with van der Waals surface area (Å²) in [6.45, 7) is 4.58. The summed E-state index contributed by atoms with van der Waals surface area (Å²) in [5.41, 5.74) is -0.303. The van der Waals surface area contributed by atoms with Crippen LogP contribution in [0.1, 0.15) is 26.7 Å². The van der Waals surface area contributed by atoms with Crippen LogP contribution in [-0.2, 0) is 6.54 Å². The highest BCUT2D eigenvalue weighted by Gasteiger charge is 2.25. The lowest BCUT2D eigenvalue weighted by molar-refractivity contribution is -0.134. The maximum atomic E-state index is 12.0. The topological polar surface area (TPSA) is 46.9 Å². The van der Waals surface area contributed by atoms with Crippen LogP contribution in [0.15, 0.2) is 17.2 Å². The van der Waals surface area contributed by atoms with Gasteiger partial charge in [0.25, 0.3) is 5.56 Å². The van der Waals surface area contributed by atoms with Gasteiger partial charge in [-0.05, 0) is 12.3 Å². The molecule has 7 heteroatoms. The molecule has 0 aliphatic rings. The van der Waals surface area contributed by atoms with E-state index in [2.05, 4.69) is 10.3 Å². The van der Waals surface area contributed by atoms with Crippen LogP contribution in [0.4, 0.5) is 19.0 Å².